The summed E-state index contributed by atoms with van der Waals surface area (Å²) in [6.45, 7) is 4.00. The molecular weight excluding hydrogens is 468 g/mol. The number of hydrogen-bond donors (Lipinski definition) is 1. The van der Waals surface area contributed by atoms with Crippen molar-refractivity contribution >= 4 is 23.1 Å². The number of rotatable bonds is 5. The average Bonchev–Trinajstić information content (AvgIpc) is 3.33. The third-order valence-electron chi connectivity index (χ3n) is 6.00. The number of alkyl halides is 2. The zero-order valence-electron chi connectivity index (χ0n) is 19.4. The van der Waals surface area contributed by atoms with Crippen molar-refractivity contribution in [1.29, 1.82) is 0 Å². The molecule has 36 heavy (non-hydrogen) atoms. The van der Waals surface area contributed by atoms with Crippen molar-refractivity contribution in [1.82, 2.24) is 19.5 Å². The fraction of sp³-hybridized carbons (Fsp3) is 0.231. The van der Waals surface area contributed by atoms with Crippen molar-refractivity contribution in [2.45, 2.75) is 13.3 Å². The first-order valence-electron chi connectivity index (χ1n) is 11.4. The quantitative estimate of drug-likeness (QED) is 0.448. The maximum atomic E-state index is 13.8. The van der Waals surface area contributed by atoms with Gasteiger partial charge in [0.15, 0.2) is 5.65 Å². The fourth-order valence-electron chi connectivity index (χ4n) is 4.02. The summed E-state index contributed by atoms with van der Waals surface area (Å²) in [5.41, 5.74) is 2.66. The maximum absolute atomic E-state index is 13.8. The Morgan fingerprint density at radius 2 is 1.72 bits per heavy atom. The first-order valence-corrected chi connectivity index (χ1v) is 11.4. The molecule has 10 heteroatoms. The molecule has 0 radical (unpaired) electrons. The van der Waals surface area contributed by atoms with Crippen LogP contribution < -0.4 is 5.32 Å². The van der Waals surface area contributed by atoms with Gasteiger partial charge in [0.1, 0.15) is 11.3 Å². The standard InChI is InChI=1S/C26H23F2N5O3/c1-16-2-4-17(5-3-16)21-14-22(23(27)28)33-24(31-21)20(15-29-33)25(34)30-19-8-6-18(7-9-19)26(35)32-10-12-36-13-11-32/h2-9,14-15,23H,10-13H2,1H3,(H,30,34). The second-order valence-corrected chi connectivity index (χ2v) is 8.46. The SMILES string of the molecule is Cc1ccc(-c2cc(C(F)F)n3ncc(C(=O)Nc4ccc(C(=O)N5CCOCC5)cc4)c3n2)cc1. The lowest BCUT2D eigenvalue weighted by Gasteiger charge is -2.26. The van der Waals surface area contributed by atoms with Crippen LogP contribution in [0, 0.1) is 6.92 Å². The molecule has 3 heterocycles. The molecule has 2 aromatic heterocycles. The third-order valence-corrected chi connectivity index (χ3v) is 6.00. The smallest absolute Gasteiger partial charge is 0.280 e. The summed E-state index contributed by atoms with van der Waals surface area (Å²) in [5, 5.41) is 6.73. The highest BCUT2D eigenvalue weighted by Gasteiger charge is 2.22. The highest BCUT2D eigenvalue weighted by atomic mass is 19.3. The van der Waals surface area contributed by atoms with Gasteiger partial charge in [-0.1, -0.05) is 29.8 Å². The van der Waals surface area contributed by atoms with Crippen LogP contribution in [0.1, 0.15) is 38.4 Å². The van der Waals surface area contributed by atoms with Crippen LogP contribution in [-0.2, 0) is 4.74 Å². The molecule has 0 atom stereocenters. The fourth-order valence-corrected chi connectivity index (χ4v) is 4.02. The van der Waals surface area contributed by atoms with Crippen LogP contribution in [0.4, 0.5) is 14.5 Å². The van der Waals surface area contributed by atoms with Gasteiger partial charge in [-0.3, -0.25) is 9.59 Å². The van der Waals surface area contributed by atoms with Crippen molar-refractivity contribution in [3.8, 4) is 11.3 Å². The minimum Gasteiger partial charge on any atom is -0.378 e. The molecule has 2 aromatic carbocycles. The van der Waals surface area contributed by atoms with Crippen LogP contribution in [0.2, 0.25) is 0 Å². The molecule has 1 aliphatic heterocycles. The maximum Gasteiger partial charge on any atom is 0.280 e. The number of benzene rings is 2. The number of hydrogen-bond acceptors (Lipinski definition) is 5. The van der Waals surface area contributed by atoms with Gasteiger partial charge < -0.3 is 15.0 Å². The van der Waals surface area contributed by atoms with E-state index in [1.807, 2.05) is 19.1 Å². The van der Waals surface area contributed by atoms with Gasteiger partial charge in [-0.2, -0.15) is 5.10 Å². The van der Waals surface area contributed by atoms with E-state index in [0.717, 1.165) is 10.1 Å². The summed E-state index contributed by atoms with van der Waals surface area (Å²) in [6.07, 6.45) is -1.59. The van der Waals surface area contributed by atoms with Crippen LogP contribution in [-0.4, -0.2) is 57.6 Å². The van der Waals surface area contributed by atoms with Gasteiger partial charge in [-0.05, 0) is 37.3 Å². The molecule has 8 nitrogen and oxygen atoms in total. The normalized spacial score (nSPS) is 13.8. The van der Waals surface area contributed by atoms with E-state index in [2.05, 4.69) is 15.4 Å². The van der Waals surface area contributed by atoms with Crippen molar-refractivity contribution in [3.05, 3.63) is 83.2 Å². The van der Waals surface area contributed by atoms with Crippen LogP contribution in [0.15, 0.2) is 60.8 Å². The van der Waals surface area contributed by atoms with E-state index in [4.69, 9.17) is 4.74 Å². The lowest BCUT2D eigenvalue weighted by molar-refractivity contribution is 0.0303. The van der Waals surface area contributed by atoms with E-state index >= 15 is 0 Å². The molecule has 1 fully saturated rings. The number of anilines is 1. The lowest BCUT2D eigenvalue weighted by atomic mass is 10.1. The number of carbonyl (C=O) groups excluding carboxylic acids is 2. The lowest BCUT2D eigenvalue weighted by Crippen LogP contribution is -2.40. The molecule has 1 N–H and O–H groups in total. The van der Waals surface area contributed by atoms with Crippen LogP contribution in [0.3, 0.4) is 0 Å². The second kappa shape index (κ2) is 9.82. The van der Waals surface area contributed by atoms with Gasteiger partial charge in [-0.25, -0.2) is 18.3 Å². The zero-order chi connectivity index (χ0) is 25.2. The first-order chi connectivity index (χ1) is 17.4. The summed E-state index contributed by atoms with van der Waals surface area (Å²) >= 11 is 0. The van der Waals surface area contributed by atoms with E-state index in [9.17, 15) is 18.4 Å². The molecule has 0 aliphatic carbocycles. The van der Waals surface area contributed by atoms with E-state index in [-0.39, 0.29) is 22.8 Å². The zero-order valence-corrected chi connectivity index (χ0v) is 19.4. The molecule has 0 spiro atoms. The predicted molar refractivity (Wildman–Crippen MR) is 129 cm³/mol. The number of ether oxygens (including phenoxy) is 1. The monoisotopic (exact) mass is 491 g/mol. The van der Waals surface area contributed by atoms with Gasteiger partial charge in [0.2, 0.25) is 0 Å². The second-order valence-electron chi connectivity index (χ2n) is 8.46. The van der Waals surface area contributed by atoms with Gasteiger partial charge in [0.05, 0.1) is 25.1 Å². The summed E-state index contributed by atoms with van der Waals surface area (Å²) in [7, 11) is 0. The number of carbonyl (C=O) groups is 2. The topological polar surface area (TPSA) is 88.8 Å². The Balaban J connectivity index is 1.41. The molecule has 1 saturated heterocycles. The van der Waals surface area contributed by atoms with Gasteiger partial charge in [0, 0.05) is 29.9 Å². The minimum absolute atomic E-state index is 0.0278. The van der Waals surface area contributed by atoms with Gasteiger partial charge in [0.25, 0.3) is 18.2 Å². The Morgan fingerprint density at radius 1 is 1.03 bits per heavy atom. The number of aromatic nitrogens is 3. The molecule has 4 aromatic rings. The van der Waals surface area contributed by atoms with E-state index in [0.29, 0.717) is 48.8 Å². The number of nitrogens with one attached hydrogen (secondary N) is 1. The molecule has 5 rings (SSSR count). The summed E-state index contributed by atoms with van der Waals surface area (Å²) < 4.78 is 33.9. The number of fused-ring (bicyclic) bond motifs is 1. The van der Waals surface area contributed by atoms with Gasteiger partial charge in [-0.15, -0.1) is 0 Å². The third kappa shape index (κ3) is 4.67. The predicted octanol–water partition coefficient (Wildman–Crippen LogP) is 4.37. The number of morpholine rings is 1. The van der Waals surface area contributed by atoms with Crippen molar-refractivity contribution in [2.24, 2.45) is 0 Å². The molecule has 0 saturated carbocycles. The number of aryl methyl sites for hydroxylation is 1. The Morgan fingerprint density at radius 3 is 2.39 bits per heavy atom. The van der Waals surface area contributed by atoms with Crippen LogP contribution >= 0.6 is 0 Å². The molecule has 2 amide bonds. The first kappa shape index (κ1) is 23.6. The summed E-state index contributed by atoms with van der Waals surface area (Å²) in [4.78, 5) is 31.9. The van der Waals surface area contributed by atoms with Crippen molar-refractivity contribution < 1.29 is 23.1 Å². The Bertz CT molecular complexity index is 1410. The van der Waals surface area contributed by atoms with E-state index < -0.39 is 12.3 Å². The molecule has 1 aliphatic rings. The van der Waals surface area contributed by atoms with Crippen molar-refractivity contribution in [2.75, 3.05) is 31.6 Å². The molecule has 184 valence electrons. The van der Waals surface area contributed by atoms with E-state index in [1.54, 1.807) is 41.3 Å². The average molecular weight is 491 g/mol. The number of halogens is 2. The Labute approximate surface area is 205 Å². The van der Waals surface area contributed by atoms with Crippen LogP contribution in [0.5, 0.6) is 0 Å². The number of nitrogens with zero attached hydrogens (tertiary/aromatic N) is 4. The molecule has 0 unspecified atom stereocenters. The Kier molecular flexibility index (Phi) is 6.43. The van der Waals surface area contributed by atoms with Gasteiger partial charge >= 0.3 is 0 Å². The van der Waals surface area contributed by atoms with Crippen molar-refractivity contribution in [3.63, 3.8) is 0 Å². The molecular formula is C26H23F2N5O3. The number of amides is 2. The minimum atomic E-state index is -2.81. The summed E-state index contributed by atoms with van der Waals surface area (Å²) in [6, 6.07) is 15.1. The summed E-state index contributed by atoms with van der Waals surface area (Å²) in [5.74, 6) is -0.655. The highest BCUT2D eigenvalue weighted by molar-refractivity contribution is 6.08. The molecule has 0 bridgehead atoms. The Hall–Kier alpha value is -4.18. The largest absolute Gasteiger partial charge is 0.378 e. The van der Waals surface area contributed by atoms with E-state index in [1.165, 1.54) is 12.3 Å². The van der Waals surface area contributed by atoms with Crippen LogP contribution in [0.25, 0.3) is 16.9 Å². The highest BCUT2D eigenvalue weighted by Crippen LogP contribution is 2.27.